The van der Waals surface area contributed by atoms with Gasteiger partial charge in [-0.3, -0.25) is 0 Å². The van der Waals surface area contributed by atoms with Crippen molar-refractivity contribution in [3.8, 4) is 0 Å². The molecule has 0 fully saturated rings. The molecule has 0 aliphatic rings. The molecule has 0 N–H and O–H groups in total. The van der Waals surface area contributed by atoms with Crippen LogP contribution in [0.2, 0.25) is 0 Å². The SMILES string of the molecule is C=CCCC[CH]C(CC/C=C/C)PC. The molecule has 0 saturated heterocycles. The summed E-state index contributed by atoms with van der Waals surface area (Å²) in [6, 6.07) is 0. The molecule has 0 heterocycles. The summed E-state index contributed by atoms with van der Waals surface area (Å²) in [6.07, 6.45) is 15.2. The van der Waals surface area contributed by atoms with E-state index in [-0.39, 0.29) is 0 Å². The summed E-state index contributed by atoms with van der Waals surface area (Å²) < 4.78 is 0. The van der Waals surface area contributed by atoms with Crippen LogP contribution in [0.3, 0.4) is 0 Å². The van der Waals surface area contributed by atoms with E-state index < -0.39 is 0 Å². The third-order valence-electron chi connectivity index (χ3n) is 2.31. The lowest BCUT2D eigenvalue weighted by atomic mass is 10.1. The van der Waals surface area contributed by atoms with Crippen LogP contribution in [0.15, 0.2) is 24.8 Å². The Bertz CT molecular complexity index is 149. The molecule has 0 aromatic rings. The zero-order valence-electron chi connectivity index (χ0n) is 9.63. The summed E-state index contributed by atoms with van der Waals surface area (Å²) in [5.74, 6) is 0. The minimum atomic E-state index is 0.844. The van der Waals surface area contributed by atoms with E-state index in [1.165, 1.54) is 25.7 Å². The van der Waals surface area contributed by atoms with Gasteiger partial charge in [0.05, 0.1) is 0 Å². The smallest absolute Gasteiger partial charge is 0.0205 e. The van der Waals surface area contributed by atoms with E-state index in [1.54, 1.807) is 0 Å². The minimum Gasteiger partial charge on any atom is -0.122 e. The Morgan fingerprint density at radius 1 is 1.29 bits per heavy atom. The van der Waals surface area contributed by atoms with Crippen LogP contribution in [0.5, 0.6) is 0 Å². The van der Waals surface area contributed by atoms with E-state index in [4.69, 9.17) is 0 Å². The Morgan fingerprint density at radius 3 is 2.64 bits per heavy atom. The average Bonchev–Trinajstić information content (AvgIpc) is 2.22. The summed E-state index contributed by atoms with van der Waals surface area (Å²) in [7, 11) is 1.06. The van der Waals surface area contributed by atoms with Crippen LogP contribution in [0, 0.1) is 6.42 Å². The summed E-state index contributed by atoms with van der Waals surface area (Å²) in [4.78, 5) is 0. The standard InChI is InChI=1S/C13H24P/c1-4-6-8-10-12-13(14-3)11-9-7-5-2/h4-5,7,12-14H,1,6,8-11H2,2-3H3/b7-5+. The van der Waals surface area contributed by atoms with Gasteiger partial charge in [0.2, 0.25) is 0 Å². The van der Waals surface area contributed by atoms with Crippen molar-refractivity contribution >= 4 is 8.58 Å². The lowest BCUT2D eigenvalue weighted by molar-refractivity contribution is 0.749. The van der Waals surface area contributed by atoms with Gasteiger partial charge in [-0.15, -0.1) is 15.2 Å². The molecule has 1 radical (unpaired) electrons. The number of unbranched alkanes of at least 4 members (excludes halogenated alkanes) is 2. The summed E-state index contributed by atoms with van der Waals surface area (Å²) in [5.41, 5.74) is 0.844. The van der Waals surface area contributed by atoms with Crippen molar-refractivity contribution in [2.24, 2.45) is 0 Å². The van der Waals surface area contributed by atoms with Gasteiger partial charge in [-0.1, -0.05) is 18.2 Å². The average molecular weight is 211 g/mol. The normalized spacial score (nSPS) is 14.1. The number of rotatable bonds is 9. The molecule has 0 aliphatic carbocycles. The van der Waals surface area contributed by atoms with Crippen molar-refractivity contribution in [2.75, 3.05) is 6.66 Å². The van der Waals surface area contributed by atoms with Crippen molar-refractivity contribution in [2.45, 2.75) is 44.7 Å². The molecule has 0 bridgehead atoms. The predicted octanol–water partition coefficient (Wildman–Crippen LogP) is 4.58. The first-order chi connectivity index (χ1) is 6.85. The van der Waals surface area contributed by atoms with Gasteiger partial charge in [0.15, 0.2) is 0 Å². The molecule has 2 atom stereocenters. The quantitative estimate of drug-likeness (QED) is 0.297. The third-order valence-corrected chi connectivity index (χ3v) is 3.58. The molecular weight excluding hydrogens is 187 g/mol. The van der Waals surface area contributed by atoms with Crippen LogP contribution in [-0.4, -0.2) is 12.3 Å². The Hall–Kier alpha value is -0.0900. The van der Waals surface area contributed by atoms with Crippen molar-refractivity contribution in [1.29, 1.82) is 0 Å². The molecule has 81 valence electrons. The summed E-state index contributed by atoms with van der Waals surface area (Å²) in [5, 5.41) is 0. The van der Waals surface area contributed by atoms with Crippen LogP contribution in [0.1, 0.15) is 39.0 Å². The molecular formula is C13H24P. The summed E-state index contributed by atoms with van der Waals surface area (Å²) in [6.45, 7) is 8.14. The van der Waals surface area contributed by atoms with E-state index in [9.17, 15) is 0 Å². The first kappa shape index (κ1) is 13.9. The van der Waals surface area contributed by atoms with Crippen molar-refractivity contribution < 1.29 is 0 Å². The second-order valence-electron chi connectivity index (χ2n) is 3.50. The van der Waals surface area contributed by atoms with Gasteiger partial charge in [-0.2, -0.15) is 0 Å². The van der Waals surface area contributed by atoms with Crippen LogP contribution in [0.25, 0.3) is 0 Å². The maximum absolute atomic E-state index is 3.74. The highest BCUT2D eigenvalue weighted by Gasteiger charge is 2.04. The van der Waals surface area contributed by atoms with Crippen LogP contribution < -0.4 is 0 Å². The fraction of sp³-hybridized carbons (Fsp3) is 0.615. The molecule has 2 unspecified atom stereocenters. The lowest BCUT2D eigenvalue weighted by Crippen LogP contribution is -2.00. The van der Waals surface area contributed by atoms with E-state index in [0.717, 1.165) is 20.7 Å². The highest BCUT2D eigenvalue weighted by Crippen LogP contribution is 2.24. The minimum absolute atomic E-state index is 0.844. The van der Waals surface area contributed by atoms with Crippen molar-refractivity contribution in [3.63, 3.8) is 0 Å². The molecule has 0 amide bonds. The van der Waals surface area contributed by atoms with E-state index in [0.29, 0.717) is 0 Å². The molecule has 0 aliphatic heterocycles. The highest BCUT2D eigenvalue weighted by atomic mass is 31.1. The molecule has 0 spiro atoms. The molecule has 0 rings (SSSR count). The Balaban J connectivity index is 3.42. The molecule has 0 nitrogen and oxygen atoms in total. The molecule has 0 saturated carbocycles. The van der Waals surface area contributed by atoms with Gasteiger partial charge in [-0.05, 0) is 57.8 Å². The van der Waals surface area contributed by atoms with Gasteiger partial charge >= 0.3 is 0 Å². The molecule has 14 heavy (non-hydrogen) atoms. The highest BCUT2D eigenvalue weighted by molar-refractivity contribution is 7.38. The van der Waals surface area contributed by atoms with Gasteiger partial charge in [0, 0.05) is 0 Å². The second-order valence-corrected chi connectivity index (χ2v) is 4.82. The molecule has 1 heteroatoms. The first-order valence-corrected chi connectivity index (χ1v) is 7.15. The van der Waals surface area contributed by atoms with Gasteiger partial charge in [0.25, 0.3) is 0 Å². The number of hydrogen-bond donors (Lipinski definition) is 0. The largest absolute Gasteiger partial charge is 0.122 e. The lowest BCUT2D eigenvalue weighted by Gasteiger charge is -2.12. The van der Waals surface area contributed by atoms with Gasteiger partial charge in [0.1, 0.15) is 0 Å². The zero-order valence-corrected chi connectivity index (χ0v) is 10.6. The fourth-order valence-corrected chi connectivity index (χ4v) is 2.26. The van der Waals surface area contributed by atoms with E-state index in [2.05, 4.69) is 38.7 Å². The van der Waals surface area contributed by atoms with E-state index >= 15 is 0 Å². The molecule has 0 aromatic carbocycles. The third kappa shape index (κ3) is 8.51. The number of hydrogen-bond acceptors (Lipinski definition) is 0. The fourth-order valence-electron chi connectivity index (χ4n) is 1.40. The summed E-state index contributed by atoms with van der Waals surface area (Å²) >= 11 is 0. The Morgan fingerprint density at radius 2 is 2.07 bits per heavy atom. The molecule has 0 aromatic heterocycles. The van der Waals surface area contributed by atoms with Crippen LogP contribution in [-0.2, 0) is 0 Å². The Kier molecular flexibility index (Phi) is 10.9. The Labute approximate surface area is 91.7 Å². The second kappa shape index (κ2) is 11.0. The maximum atomic E-state index is 3.74. The van der Waals surface area contributed by atoms with Crippen molar-refractivity contribution in [3.05, 3.63) is 31.2 Å². The monoisotopic (exact) mass is 211 g/mol. The van der Waals surface area contributed by atoms with E-state index in [1.807, 2.05) is 6.08 Å². The first-order valence-electron chi connectivity index (χ1n) is 5.57. The van der Waals surface area contributed by atoms with Crippen LogP contribution in [0.4, 0.5) is 0 Å². The predicted molar refractivity (Wildman–Crippen MR) is 70.4 cm³/mol. The topological polar surface area (TPSA) is 0 Å². The van der Waals surface area contributed by atoms with Crippen molar-refractivity contribution in [1.82, 2.24) is 0 Å². The maximum Gasteiger partial charge on any atom is -0.0205 e. The van der Waals surface area contributed by atoms with Crippen LogP contribution >= 0.6 is 8.58 Å². The zero-order chi connectivity index (χ0) is 10.6. The number of allylic oxidation sites excluding steroid dienone is 3. The van der Waals surface area contributed by atoms with Gasteiger partial charge < -0.3 is 0 Å². The van der Waals surface area contributed by atoms with Gasteiger partial charge in [-0.25, -0.2) is 0 Å².